The molecular weight excluding hydrogens is 630 g/mol. The number of methoxy groups -OCH3 is 1. The number of ether oxygens (including phenoxy) is 1. The van der Waals surface area contributed by atoms with E-state index in [0.717, 1.165) is 57.1 Å². The summed E-state index contributed by atoms with van der Waals surface area (Å²) < 4.78 is 7.42. The van der Waals surface area contributed by atoms with Gasteiger partial charge in [0.05, 0.1) is 31.8 Å². The number of aromatic amines is 2. The second kappa shape index (κ2) is 15.8. The molecule has 3 atom stereocenters. The molecule has 0 aliphatic carbocycles. The molecule has 8 N–H and O–H groups in total. The number of carbonyl (C=O) groups excluding carboxylic acids is 2. The number of H-pyrrole nitrogens is 2. The van der Waals surface area contributed by atoms with Crippen LogP contribution in [0.4, 0.5) is 0 Å². The van der Waals surface area contributed by atoms with Crippen LogP contribution in [-0.2, 0) is 29.0 Å². The van der Waals surface area contributed by atoms with E-state index in [1.165, 1.54) is 6.92 Å². The van der Waals surface area contributed by atoms with Gasteiger partial charge >= 0.3 is 0 Å². The predicted octanol–water partition coefficient (Wildman–Crippen LogP) is 4.57. The van der Waals surface area contributed by atoms with E-state index in [2.05, 4.69) is 32.7 Å². The first kappa shape index (κ1) is 34.4. The highest BCUT2D eigenvalue weighted by Crippen LogP contribution is 2.29. The van der Waals surface area contributed by atoms with E-state index in [-0.39, 0.29) is 11.8 Å². The normalized spacial score (nSPS) is 13.3. The van der Waals surface area contributed by atoms with Crippen LogP contribution in [-0.4, -0.2) is 56.2 Å². The monoisotopic (exact) mass is 675 g/mol. The topological polar surface area (TPSA) is 182 Å². The van der Waals surface area contributed by atoms with Gasteiger partial charge in [-0.2, -0.15) is 0 Å². The van der Waals surface area contributed by atoms with Gasteiger partial charge in [-0.25, -0.2) is 0 Å². The molecule has 6 aromatic rings. The summed E-state index contributed by atoms with van der Waals surface area (Å²) >= 11 is 0. The molecule has 0 fully saturated rings. The van der Waals surface area contributed by atoms with Crippen LogP contribution in [0.1, 0.15) is 66.6 Å². The number of para-hydroxylation sites is 2. The number of nitrogens with two attached hydrogens (primary N) is 2. The molecular formula is C38H45N9O3. The highest BCUT2D eigenvalue weighted by atomic mass is 16.5. The Morgan fingerprint density at radius 3 is 1.92 bits per heavy atom. The Morgan fingerprint density at radius 1 is 0.820 bits per heavy atom. The zero-order valence-corrected chi connectivity index (χ0v) is 28.5. The summed E-state index contributed by atoms with van der Waals surface area (Å²) in [5, 5.41) is 18.0. The smallest absolute Gasteiger partial charge is 0.237 e. The first-order valence-electron chi connectivity index (χ1n) is 17.0. The summed E-state index contributed by atoms with van der Waals surface area (Å²) in [6.45, 7) is 2.43. The second-order valence-electron chi connectivity index (χ2n) is 12.7. The van der Waals surface area contributed by atoms with Crippen LogP contribution in [0.25, 0.3) is 21.8 Å². The van der Waals surface area contributed by atoms with Crippen LogP contribution >= 0.6 is 0 Å². The van der Waals surface area contributed by atoms with Crippen molar-refractivity contribution in [2.75, 3.05) is 13.7 Å². The Hall–Kier alpha value is -5.46. The summed E-state index contributed by atoms with van der Waals surface area (Å²) in [7, 11) is 1.63. The van der Waals surface area contributed by atoms with Crippen LogP contribution in [0.15, 0.2) is 85.2 Å². The summed E-state index contributed by atoms with van der Waals surface area (Å²) in [6.07, 6.45) is 6.89. The van der Waals surface area contributed by atoms with Crippen molar-refractivity contribution in [3.63, 3.8) is 0 Å². The SMILES string of the molecule is COc1ccc(Cn2c([C@@H](Cc3c[nH]c4ccccc34)NC(C)=O)nnc2[C@@H](Cc2c[nH]c3ccccc23)NC(=O)[C@@H](N)CCCCN)cc1. The summed E-state index contributed by atoms with van der Waals surface area (Å²) in [5.74, 6) is 1.40. The molecule has 260 valence electrons. The molecule has 0 aliphatic rings. The minimum atomic E-state index is -0.710. The van der Waals surface area contributed by atoms with Gasteiger partial charge in [0.2, 0.25) is 11.8 Å². The van der Waals surface area contributed by atoms with Gasteiger partial charge in [0.15, 0.2) is 11.6 Å². The van der Waals surface area contributed by atoms with Gasteiger partial charge in [0.1, 0.15) is 5.75 Å². The number of nitrogens with zero attached hydrogens (tertiary/aromatic N) is 3. The Labute approximate surface area is 291 Å². The van der Waals surface area contributed by atoms with Gasteiger partial charge in [0.25, 0.3) is 0 Å². The molecule has 12 nitrogen and oxygen atoms in total. The fourth-order valence-corrected chi connectivity index (χ4v) is 6.54. The van der Waals surface area contributed by atoms with Gasteiger partial charge in [-0.3, -0.25) is 9.59 Å². The number of benzene rings is 3. The van der Waals surface area contributed by atoms with Gasteiger partial charge in [-0.15, -0.1) is 10.2 Å². The first-order chi connectivity index (χ1) is 24.3. The van der Waals surface area contributed by atoms with Crippen molar-refractivity contribution in [1.29, 1.82) is 0 Å². The number of aromatic nitrogens is 5. The van der Waals surface area contributed by atoms with E-state index in [1.54, 1.807) is 7.11 Å². The standard InChI is InChI=1S/C38H45N9O3/c1-24(48)43-34(19-26-21-41-32-12-5-3-9-29(26)32)36-45-46-37(47(36)23-25-14-16-28(50-2)17-15-25)35(44-38(49)31(40)11-7-8-18-39)20-27-22-42-33-13-6-4-10-30(27)33/h3-6,9-10,12-17,21-22,31,34-35,41-42H,7-8,11,18-20,23,39-40H2,1-2H3,(H,43,48)(H,44,49)/t31-,34+,35+/m0/s1. The minimum Gasteiger partial charge on any atom is -0.497 e. The Kier molecular flexibility index (Phi) is 10.9. The molecule has 0 spiro atoms. The lowest BCUT2D eigenvalue weighted by atomic mass is 10.0. The van der Waals surface area contributed by atoms with Crippen LogP contribution in [0.5, 0.6) is 5.75 Å². The third-order valence-electron chi connectivity index (χ3n) is 9.13. The second-order valence-corrected chi connectivity index (χ2v) is 12.7. The molecule has 0 aliphatic heterocycles. The van der Waals surface area contributed by atoms with Crippen LogP contribution < -0.4 is 26.8 Å². The molecule has 0 unspecified atom stereocenters. The van der Waals surface area contributed by atoms with Crippen molar-refractivity contribution in [2.24, 2.45) is 11.5 Å². The number of unbranched alkanes of at least 4 members (excludes halogenated alkanes) is 1. The number of amides is 2. The average Bonchev–Trinajstić information content (AvgIpc) is 3.85. The number of hydrogen-bond donors (Lipinski definition) is 6. The van der Waals surface area contributed by atoms with Crippen molar-refractivity contribution in [1.82, 2.24) is 35.4 Å². The fourth-order valence-electron chi connectivity index (χ4n) is 6.54. The first-order valence-corrected chi connectivity index (χ1v) is 17.0. The molecule has 6 rings (SSSR count). The van der Waals surface area contributed by atoms with E-state index in [1.807, 2.05) is 77.6 Å². The zero-order chi connectivity index (χ0) is 35.0. The molecule has 0 saturated heterocycles. The number of rotatable bonds is 16. The van der Waals surface area contributed by atoms with Crippen molar-refractivity contribution in [3.05, 3.63) is 114 Å². The van der Waals surface area contributed by atoms with E-state index in [0.29, 0.717) is 44.0 Å². The fraction of sp³-hybridized carbons (Fsp3) is 0.316. The van der Waals surface area contributed by atoms with Gasteiger partial charge in [-0.1, -0.05) is 55.0 Å². The largest absolute Gasteiger partial charge is 0.497 e. The number of fused-ring (bicyclic) bond motifs is 2. The molecule has 50 heavy (non-hydrogen) atoms. The quantitative estimate of drug-likeness (QED) is 0.0813. The predicted molar refractivity (Wildman–Crippen MR) is 194 cm³/mol. The van der Waals surface area contributed by atoms with Crippen molar-refractivity contribution in [2.45, 2.75) is 63.7 Å². The maximum absolute atomic E-state index is 13.7. The van der Waals surface area contributed by atoms with Crippen LogP contribution in [0.3, 0.4) is 0 Å². The molecule has 0 saturated carbocycles. The maximum Gasteiger partial charge on any atom is 0.237 e. The molecule has 2 amide bonds. The third kappa shape index (κ3) is 7.88. The van der Waals surface area contributed by atoms with Crippen molar-refractivity contribution < 1.29 is 14.3 Å². The van der Waals surface area contributed by atoms with Gasteiger partial charge in [-0.05, 0) is 60.3 Å². The van der Waals surface area contributed by atoms with E-state index >= 15 is 0 Å². The van der Waals surface area contributed by atoms with Crippen molar-refractivity contribution in [3.8, 4) is 5.75 Å². The Morgan fingerprint density at radius 2 is 1.38 bits per heavy atom. The van der Waals surface area contributed by atoms with Gasteiger partial charge in [0, 0.05) is 54.0 Å². The molecule has 0 radical (unpaired) electrons. The van der Waals surface area contributed by atoms with E-state index < -0.39 is 18.1 Å². The lowest BCUT2D eigenvalue weighted by Crippen LogP contribution is -2.43. The summed E-state index contributed by atoms with van der Waals surface area (Å²) in [4.78, 5) is 33.1. The lowest BCUT2D eigenvalue weighted by molar-refractivity contribution is -0.123. The lowest BCUT2D eigenvalue weighted by Gasteiger charge is -2.24. The summed E-state index contributed by atoms with van der Waals surface area (Å²) in [5.41, 5.74) is 17.1. The molecule has 3 aromatic heterocycles. The highest BCUT2D eigenvalue weighted by molar-refractivity contribution is 5.84. The van der Waals surface area contributed by atoms with Crippen LogP contribution in [0, 0.1) is 0 Å². The molecule has 3 heterocycles. The van der Waals surface area contributed by atoms with E-state index in [9.17, 15) is 9.59 Å². The Bertz CT molecular complexity index is 2050. The minimum absolute atomic E-state index is 0.192. The maximum atomic E-state index is 13.7. The molecule has 0 bridgehead atoms. The Balaban J connectivity index is 1.43. The van der Waals surface area contributed by atoms with Crippen LogP contribution in [0.2, 0.25) is 0 Å². The number of nitrogens with one attached hydrogen (secondary N) is 4. The average molecular weight is 676 g/mol. The third-order valence-corrected chi connectivity index (χ3v) is 9.13. The van der Waals surface area contributed by atoms with Crippen molar-refractivity contribution >= 4 is 33.6 Å². The molecule has 12 heteroatoms. The zero-order valence-electron chi connectivity index (χ0n) is 28.5. The number of hydrogen-bond acceptors (Lipinski definition) is 7. The number of carbonyl (C=O) groups is 2. The van der Waals surface area contributed by atoms with E-state index in [4.69, 9.17) is 26.4 Å². The highest BCUT2D eigenvalue weighted by Gasteiger charge is 2.30. The summed E-state index contributed by atoms with van der Waals surface area (Å²) in [6, 6.07) is 22.1. The molecule has 3 aromatic carbocycles. The van der Waals surface area contributed by atoms with Gasteiger partial charge < -0.3 is 41.4 Å².